The van der Waals surface area contributed by atoms with Crippen LogP contribution in [0.3, 0.4) is 0 Å². The number of esters is 2. The highest BCUT2D eigenvalue weighted by molar-refractivity contribution is 7.47. The number of aliphatic hydroxyl groups is 14. The molecule has 1 aliphatic carbocycles. The Morgan fingerprint density at radius 3 is 1.27 bits per heavy atom. The van der Waals surface area contributed by atoms with Crippen molar-refractivity contribution in [1.29, 1.82) is 0 Å². The SMILES string of the molecule is CCCCCCCC/C=C\CCCCCCCC(=O)OC[C@H](COP(=O)(O)O[C@@H]1C(O[C@@H]2OC(CO[C@@H]3OC(CO)[C@H](O)C(O)[C@@H]3O)[C@H](O)C(O)[C@@H]2O)C(O)[C@@H](O)C(O)[C@H]1O[C@H]1OC(CO)[C@@H](O)C(O)[C@H]1O)OC(=O)CCCCCCCCCCCCC. The Bertz CT molecular complexity index is 1960. The van der Waals surface area contributed by atoms with Crippen LogP contribution in [0.4, 0.5) is 0 Å². The summed E-state index contributed by atoms with van der Waals surface area (Å²) in [4.78, 5) is 37.8. The van der Waals surface area contributed by atoms with E-state index in [9.17, 15) is 90.5 Å². The van der Waals surface area contributed by atoms with Gasteiger partial charge in [-0.1, -0.05) is 142 Å². The highest BCUT2D eigenvalue weighted by atomic mass is 31.2. The zero-order valence-corrected chi connectivity index (χ0v) is 52.1. The molecule has 0 aromatic carbocycles. The van der Waals surface area contributed by atoms with Crippen LogP contribution in [0.2, 0.25) is 0 Å². The third-order valence-electron chi connectivity index (χ3n) is 16.4. The second-order valence-corrected chi connectivity index (χ2v) is 25.1. The van der Waals surface area contributed by atoms with E-state index >= 15 is 0 Å². The third kappa shape index (κ3) is 26.1. The average Bonchev–Trinajstić information content (AvgIpc) is 1.68. The van der Waals surface area contributed by atoms with Crippen molar-refractivity contribution >= 4 is 19.8 Å². The fourth-order valence-corrected chi connectivity index (χ4v) is 11.9. The van der Waals surface area contributed by atoms with Crippen LogP contribution in [0.5, 0.6) is 0 Å². The van der Waals surface area contributed by atoms with Gasteiger partial charge < -0.3 is 114 Å². The first kappa shape index (κ1) is 78.4. The van der Waals surface area contributed by atoms with Crippen molar-refractivity contribution in [2.75, 3.05) is 33.0 Å². The maximum atomic E-state index is 14.2. The Morgan fingerprint density at radius 2 is 0.818 bits per heavy atom. The average molecular weight is 1300 g/mol. The van der Waals surface area contributed by atoms with Gasteiger partial charge in [-0.3, -0.25) is 18.6 Å². The van der Waals surface area contributed by atoms with E-state index in [1.54, 1.807) is 0 Å². The summed E-state index contributed by atoms with van der Waals surface area (Å²) in [6.45, 7) is 0.0241. The monoisotopic (exact) mass is 1290 g/mol. The summed E-state index contributed by atoms with van der Waals surface area (Å²) in [6, 6.07) is 0. The summed E-state index contributed by atoms with van der Waals surface area (Å²) in [7, 11) is -5.75. The van der Waals surface area contributed by atoms with Crippen molar-refractivity contribution < 1.29 is 137 Å². The van der Waals surface area contributed by atoms with Crippen molar-refractivity contribution in [3.63, 3.8) is 0 Å². The minimum Gasteiger partial charge on any atom is -0.462 e. The molecule has 10 unspecified atom stereocenters. The molecule has 4 rings (SSSR count). The molecule has 0 bridgehead atoms. The first-order valence-corrected chi connectivity index (χ1v) is 33.5. The lowest BCUT2D eigenvalue weighted by atomic mass is 9.84. The van der Waals surface area contributed by atoms with Crippen molar-refractivity contribution in [1.82, 2.24) is 0 Å². The lowest BCUT2D eigenvalue weighted by Crippen LogP contribution is -2.69. The Morgan fingerprint density at radius 1 is 0.443 bits per heavy atom. The van der Waals surface area contributed by atoms with Crippen LogP contribution >= 0.6 is 7.82 Å². The lowest BCUT2D eigenvalue weighted by Gasteiger charge is -2.49. The molecule has 4 fully saturated rings. The Balaban J connectivity index is 1.49. The second-order valence-electron chi connectivity index (χ2n) is 23.7. The van der Waals surface area contributed by atoms with Crippen LogP contribution in [0, 0.1) is 0 Å². The summed E-state index contributed by atoms with van der Waals surface area (Å²) in [5.41, 5.74) is 0. The predicted octanol–water partition coefficient (Wildman–Crippen LogP) is 0.973. The van der Waals surface area contributed by atoms with Crippen molar-refractivity contribution in [3.8, 4) is 0 Å². The minimum absolute atomic E-state index is 0.0108. The fraction of sp³-hybridized carbons (Fsp3) is 0.932. The van der Waals surface area contributed by atoms with Gasteiger partial charge in [0.25, 0.3) is 0 Å². The summed E-state index contributed by atoms with van der Waals surface area (Å²) in [5.74, 6) is -1.41. The molecule has 3 saturated heterocycles. The molecule has 0 radical (unpaired) electrons. The van der Waals surface area contributed by atoms with Gasteiger partial charge >= 0.3 is 19.8 Å². The van der Waals surface area contributed by atoms with Crippen molar-refractivity contribution in [2.45, 2.75) is 316 Å². The number of ether oxygens (including phenoxy) is 8. The Kier molecular flexibility index (Phi) is 37.7. The number of phosphoric acid groups is 1. The molecule has 0 aromatic heterocycles. The molecule has 15 N–H and O–H groups in total. The molecule has 516 valence electrons. The zero-order valence-electron chi connectivity index (χ0n) is 51.2. The molecule has 88 heavy (non-hydrogen) atoms. The third-order valence-corrected chi connectivity index (χ3v) is 17.4. The molecule has 28 nitrogen and oxygen atoms in total. The molecule has 29 heteroatoms. The largest absolute Gasteiger partial charge is 0.472 e. The second kappa shape index (κ2) is 42.3. The molecule has 3 heterocycles. The van der Waals surface area contributed by atoms with E-state index in [1.807, 2.05) is 0 Å². The molecule has 23 atom stereocenters. The summed E-state index contributed by atoms with van der Waals surface area (Å²) in [5, 5.41) is 150. The predicted molar refractivity (Wildman–Crippen MR) is 310 cm³/mol. The molecule has 0 spiro atoms. The van der Waals surface area contributed by atoms with Crippen LogP contribution in [0.25, 0.3) is 0 Å². The van der Waals surface area contributed by atoms with Gasteiger partial charge in [-0.05, 0) is 38.5 Å². The van der Waals surface area contributed by atoms with Crippen molar-refractivity contribution in [3.05, 3.63) is 12.2 Å². The van der Waals surface area contributed by atoms with Crippen LogP contribution in [-0.4, -0.2) is 256 Å². The minimum atomic E-state index is -5.75. The van der Waals surface area contributed by atoms with Crippen LogP contribution in [0.15, 0.2) is 12.2 Å². The van der Waals surface area contributed by atoms with Gasteiger partial charge in [0.1, 0.15) is 116 Å². The highest BCUT2D eigenvalue weighted by Gasteiger charge is 2.58. The van der Waals surface area contributed by atoms with Gasteiger partial charge in [0.2, 0.25) is 0 Å². The molecule has 3 aliphatic heterocycles. The van der Waals surface area contributed by atoms with Crippen LogP contribution in [-0.2, 0) is 61.1 Å². The van der Waals surface area contributed by atoms with Gasteiger partial charge in [-0.25, -0.2) is 4.57 Å². The van der Waals surface area contributed by atoms with Crippen molar-refractivity contribution in [2.24, 2.45) is 0 Å². The molecule has 0 amide bonds. The van der Waals surface area contributed by atoms with E-state index in [1.165, 1.54) is 64.2 Å². The first-order chi connectivity index (χ1) is 42.1. The molecular formula is C59H107O28P. The van der Waals surface area contributed by atoms with Gasteiger partial charge in [0.15, 0.2) is 25.0 Å². The number of hydrogen-bond donors (Lipinski definition) is 15. The normalized spacial score (nSPS) is 34.8. The maximum absolute atomic E-state index is 14.2. The number of rotatable bonds is 44. The Labute approximate surface area is 516 Å². The summed E-state index contributed by atoms with van der Waals surface area (Å²) < 4.78 is 69.7. The standard InChI is InChI=1S/C59H107O28P/c1-3-5-7-9-11-13-15-16-17-18-20-21-23-25-27-29-40(62)78-33-36(81-41(63)30-28-26-24-22-19-14-12-10-8-6-4-2)34-80-88(76,77)87-56-54(85-58-52(74)46(68)43(65)38(32-61)83-58)49(71)48(70)50(72)55(56)86-59-53(75)47(69)44(66)39(84-59)35-79-57-51(73)45(67)42(64)37(31-60)82-57/h16-17,36-39,42-61,64-75H,3-15,18-35H2,1-2H3,(H,76,77)/b17-16-/t36-,37?,38?,39?,42+,43-,44+,45?,46?,47?,48+,49?,50?,51+,52-,53+,54-,55?,56+,57-,58-,59+/m1/s1. The van der Waals surface area contributed by atoms with Gasteiger partial charge in [-0.15, -0.1) is 0 Å². The van der Waals surface area contributed by atoms with Gasteiger partial charge in [0, 0.05) is 12.8 Å². The lowest BCUT2D eigenvalue weighted by molar-refractivity contribution is -0.364. The van der Waals surface area contributed by atoms with Gasteiger partial charge in [0.05, 0.1) is 26.4 Å². The van der Waals surface area contributed by atoms with E-state index in [0.717, 1.165) is 70.6 Å². The number of carbonyl (C=O) groups is 2. The van der Waals surface area contributed by atoms with E-state index < -0.39 is 188 Å². The highest BCUT2D eigenvalue weighted by Crippen LogP contribution is 2.49. The molecule has 0 aromatic rings. The number of phosphoric ester groups is 1. The van der Waals surface area contributed by atoms with E-state index in [2.05, 4.69) is 26.0 Å². The maximum Gasteiger partial charge on any atom is 0.472 e. The number of allylic oxidation sites excluding steroid dienone is 2. The van der Waals surface area contributed by atoms with Crippen LogP contribution in [0.1, 0.15) is 181 Å². The van der Waals surface area contributed by atoms with Crippen LogP contribution < -0.4 is 0 Å². The number of unbranched alkanes of at least 4 members (excludes halogenated alkanes) is 21. The molecule has 1 saturated carbocycles. The molecule has 4 aliphatic rings. The quantitative estimate of drug-likeness (QED) is 0.0175. The number of aliphatic hydroxyl groups excluding tert-OH is 14. The number of hydrogen-bond acceptors (Lipinski definition) is 27. The van der Waals surface area contributed by atoms with Gasteiger partial charge in [-0.2, -0.15) is 0 Å². The van der Waals surface area contributed by atoms with E-state index in [0.29, 0.717) is 19.3 Å². The van der Waals surface area contributed by atoms with E-state index in [-0.39, 0.29) is 12.8 Å². The topological polar surface area (TPSA) is 447 Å². The Hall–Kier alpha value is -2.01. The smallest absolute Gasteiger partial charge is 0.462 e. The summed E-state index contributed by atoms with van der Waals surface area (Å²) in [6.07, 6.45) is -16.3. The van der Waals surface area contributed by atoms with E-state index in [4.69, 9.17) is 46.9 Å². The fourth-order valence-electron chi connectivity index (χ4n) is 10.9. The molecular weight excluding hydrogens is 1190 g/mol. The first-order valence-electron chi connectivity index (χ1n) is 32.0. The number of carbonyl (C=O) groups excluding carboxylic acids is 2. The summed E-state index contributed by atoms with van der Waals surface area (Å²) >= 11 is 0. The zero-order chi connectivity index (χ0) is 64.8.